The Morgan fingerprint density at radius 1 is 1.00 bits per heavy atom. The van der Waals surface area contributed by atoms with Crippen molar-refractivity contribution in [2.45, 2.75) is 6.42 Å². The van der Waals surface area contributed by atoms with Crippen LogP contribution in [-0.4, -0.2) is 44.1 Å². The van der Waals surface area contributed by atoms with Gasteiger partial charge in [0.15, 0.2) is 24.5 Å². The Kier molecular flexibility index (Phi) is 6.68. The third-order valence-electron chi connectivity index (χ3n) is 3.66. The molecule has 0 radical (unpaired) electrons. The summed E-state index contributed by atoms with van der Waals surface area (Å²) in [5.74, 6) is 0.703. The van der Waals surface area contributed by atoms with Crippen LogP contribution in [-0.2, 0) is 9.59 Å². The van der Waals surface area contributed by atoms with E-state index in [1.54, 1.807) is 31.9 Å². The number of nitrogens with zero attached hydrogens (tertiary/aromatic N) is 7. The lowest BCUT2D eigenvalue weighted by Gasteiger charge is -1.95. The smallest absolute Gasteiger partial charge is 0.382 e. The minimum absolute atomic E-state index is 0.129. The number of carbonyl (C=O) groups excluding carboxylic acids is 2. The first-order valence-electron chi connectivity index (χ1n) is 8.02. The molecule has 4 N–H and O–H groups in total. The van der Waals surface area contributed by atoms with E-state index in [4.69, 9.17) is 11.5 Å². The summed E-state index contributed by atoms with van der Waals surface area (Å²) in [4.78, 5) is 28.6. The number of hydrogen-bond acceptors (Lipinski definition) is 8. The molecule has 29 heavy (non-hydrogen) atoms. The van der Waals surface area contributed by atoms with Crippen molar-refractivity contribution in [3.8, 4) is 0 Å². The molecule has 1 aliphatic rings. The van der Waals surface area contributed by atoms with E-state index in [2.05, 4.69) is 42.8 Å². The van der Waals surface area contributed by atoms with E-state index < -0.39 is 0 Å². The van der Waals surface area contributed by atoms with Crippen LogP contribution < -0.4 is 11.5 Å². The van der Waals surface area contributed by atoms with Gasteiger partial charge in [-0.25, -0.2) is 23.8 Å². The number of anilines is 2. The second-order valence-electron chi connectivity index (χ2n) is 5.50. The molecule has 0 aliphatic carbocycles. The van der Waals surface area contributed by atoms with Gasteiger partial charge in [0, 0.05) is 6.20 Å². The molecule has 0 spiro atoms. The Hall–Kier alpha value is -2.69. The van der Waals surface area contributed by atoms with Crippen LogP contribution in [0.5, 0.6) is 0 Å². The summed E-state index contributed by atoms with van der Waals surface area (Å²) in [6.45, 7) is 0. The van der Waals surface area contributed by atoms with Crippen molar-refractivity contribution in [1.82, 2.24) is 32.3 Å². The van der Waals surface area contributed by atoms with Gasteiger partial charge in [-0.15, -0.1) is 0 Å². The third-order valence-corrected chi connectivity index (χ3v) is 5.49. The van der Waals surface area contributed by atoms with Crippen LogP contribution in [0, 0.1) is 10.1 Å². The van der Waals surface area contributed by atoms with Gasteiger partial charge in [-0.2, -0.15) is 13.3 Å². The predicted octanol–water partition coefficient (Wildman–Crippen LogP) is 1.53. The van der Waals surface area contributed by atoms with E-state index in [0.29, 0.717) is 11.6 Å². The Labute approximate surface area is 192 Å². The molecular weight excluding hydrogens is 604 g/mol. The van der Waals surface area contributed by atoms with Crippen LogP contribution in [0.25, 0.3) is 11.0 Å². The van der Waals surface area contributed by atoms with Gasteiger partial charge >= 0.3 is 5.91 Å². The summed E-state index contributed by atoms with van der Waals surface area (Å²) in [6, 6.07) is 7.59. The monoisotopic (exact) mass is 618 g/mol. The number of halogens is 2. The quantitative estimate of drug-likeness (QED) is 0.131. The molecule has 1 aliphatic heterocycles. The van der Waals surface area contributed by atoms with Gasteiger partial charge in [-0.1, -0.05) is 0 Å². The van der Waals surface area contributed by atoms with Crippen LogP contribution in [0.2, 0.25) is 0 Å². The lowest BCUT2D eigenvalue weighted by molar-refractivity contribution is -0.129. The molecule has 1 fully saturated rings. The SMILES string of the molecule is Nc1ncnn2c(I)ccc12.Nc1ncnn2cccc12.O=C1[CH+]CC(=O)N1I. The van der Waals surface area contributed by atoms with Crippen molar-refractivity contribution >= 4 is 79.9 Å². The molecule has 0 bridgehead atoms. The first kappa shape index (κ1) is 21.0. The Bertz CT molecular complexity index is 1160. The minimum Gasteiger partial charge on any atom is -0.382 e. The van der Waals surface area contributed by atoms with Crippen LogP contribution in [0.1, 0.15) is 6.42 Å². The highest BCUT2D eigenvalue weighted by molar-refractivity contribution is 14.1. The molecular formula is C16H14I2N9O2+. The number of nitrogen functional groups attached to an aromatic ring is 2. The lowest BCUT2D eigenvalue weighted by atomic mass is 10.4. The number of imide groups is 1. The molecule has 0 atom stereocenters. The van der Waals surface area contributed by atoms with Crippen molar-refractivity contribution in [3.05, 3.63) is 53.2 Å². The maximum atomic E-state index is 10.5. The highest BCUT2D eigenvalue weighted by Gasteiger charge is 2.36. The summed E-state index contributed by atoms with van der Waals surface area (Å²) < 4.78 is 5.55. The van der Waals surface area contributed by atoms with E-state index in [1.807, 2.05) is 30.5 Å². The molecule has 13 heteroatoms. The standard InChI is InChI=1S/C6H5IN4.C6H6N4.C4H3INO2/c7-5-2-1-4-6(8)9-3-10-11(4)5;7-6-5-2-1-3-10(5)9-4-8-6;5-6-3(7)1-2-4(6)8/h1-3H,(H2,8,9,10);1-4H,(H2,7,8,9);1H,2H2/q;;+1. The molecule has 2 amide bonds. The van der Waals surface area contributed by atoms with E-state index in [-0.39, 0.29) is 18.2 Å². The van der Waals surface area contributed by atoms with Gasteiger partial charge in [-0.3, -0.25) is 4.79 Å². The number of fused-ring (bicyclic) bond motifs is 2. The van der Waals surface area contributed by atoms with Crippen LogP contribution in [0.4, 0.5) is 11.6 Å². The van der Waals surface area contributed by atoms with Gasteiger partial charge in [0.25, 0.3) is 5.91 Å². The molecule has 0 aromatic carbocycles. The summed E-state index contributed by atoms with van der Waals surface area (Å²) in [6.07, 6.45) is 6.34. The van der Waals surface area contributed by atoms with Gasteiger partial charge in [-0.05, 0) is 46.9 Å². The maximum Gasteiger partial charge on any atom is 0.420 e. The normalized spacial score (nSPS) is 13.0. The summed E-state index contributed by atoms with van der Waals surface area (Å²) >= 11 is 3.87. The van der Waals surface area contributed by atoms with E-state index in [0.717, 1.165) is 17.8 Å². The molecule has 5 rings (SSSR count). The van der Waals surface area contributed by atoms with E-state index in [1.165, 1.54) is 19.1 Å². The largest absolute Gasteiger partial charge is 0.420 e. The number of rotatable bonds is 0. The Morgan fingerprint density at radius 3 is 2.24 bits per heavy atom. The predicted molar refractivity (Wildman–Crippen MR) is 122 cm³/mol. The maximum absolute atomic E-state index is 10.5. The molecule has 1 saturated heterocycles. The highest BCUT2D eigenvalue weighted by atomic mass is 127. The molecule has 0 unspecified atom stereocenters. The topological polar surface area (TPSA) is 150 Å². The van der Waals surface area contributed by atoms with Crippen LogP contribution in [0.15, 0.2) is 43.1 Å². The molecule has 0 saturated carbocycles. The average molecular weight is 618 g/mol. The zero-order chi connectivity index (χ0) is 21.0. The number of nitrogens with two attached hydrogens (primary N) is 2. The number of amides is 2. The lowest BCUT2D eigenvalue weighted by Crippen LogP contribution is -2.16. The second-order valence-corrected chi connectivity index (χ2v) is 7.57. The van der Waals surface area contributed by atoms with Crippen molar-refractivity contribution in [1.29, 1.82) is 0 Å². The molecule has 4 aromatic rings. The Morgan fingerprint density at radius 2 is 1.69 bits per heavy atom. The molecule has 11 nitrogen and oxygen atoms in total. The third kappa shape index (κ3) is 4.84. The second kappa shape index (κ2) is 9.21. The van der Waals surface area contributed by atoms with E-state index >= 15 is 0 Å². The fourth-order valence-electron chi connectivity index (χ4n) is 2.26. The van der Waals surface area contributed by atoms with Crippen molar-refractivity contribution < 1.29 is 9.59 Å². The average Bonchev–Trinajstić information content (AvgIpc) is 3.41. The van der Waals surface area contributed by atoms with Crippen molar-refractivity contribution in [2.24, 2.45) is 0 Å². The number of carbonyl (C=O) groups is 2. The molecule has 148 valence electrons. The molecule has 4 aromatic heterocycles. The first-order chi connectivity index (χ1) is 13.9. The van der Waals surface area contributed by atoms with Gasteiger partial charge < -0.3 is 11.5 Å². The van der Waals surface area contributed by atoms with Crippen LogP contribution in [0.3, 0.4) is 0 Å². The zero-order valence-electron chi connectivity index (χ0n) is 14.7. The highest BCUT2D eigenvalue weighted by Crippen LogP contribution is 2.14. The van der Waals surface area contributed by atoms with Gasteiger partial charge in [0.2, 0.25) is 0 Å². The fraction of sp³-hybridized carbons (Fsp3) is 0.0625. The summed E-state index contributed by atoms with van der Waals surface area (Å²) in [5.41, 5.74) is 12.8. The zero-order valence-corrected chi connectivity index (χ0v) is 19.0. The molecule has 5 heterocycles. The Balaban J connectivity index is 0.000000126. The summed E-state index contributed by atoms with van der Waals surface area (Å²) in [7, 11) is 0. The number of aromatic nitrogens is 6. The number of hydrogen-bond donors (Lipinski definition) is 2. The minimum atomic E-state index is -0.199. The van der Waals surface area contributed by atoms with Gasteiger partial charge in [0.1, 0.15) is 27.4 Å². The fourth-order valence-corrected chi connectivity index (χ4v) is 3.22. The van der Waals surface area contributed by atoms with Crippen molar-refractivity contribution in [3.63, 3.8) is 0 Å². The van der Waals surface area contributed by atoms with Crippen LogP contribution >= 0.6 is 45.5 Å². The van der Waals surface area contributed by atoms with Gasteiger partial charge in [0.05, 0.1) is 22.9 Å². The summed E-state index contributed by atoms with van der Waals surface area (Å²) in [5, 5.41) is 7.95. The first-order valence-corrected chi connectivity index (χ1v) is 10.1. The van der Waals surface area contributed by atoms with E-state index in [9.17, 15) is 9.59 Å². The van der Waals surface area contributed by atoms with Crippen molar-refractivity contribution in [2.75, 3.05) is 11.5 Å².